The van der Waals surface area contributed by atoms with Crippen LogP contribution in [0.1, 0.15) is 29.3 Å². The molecule has 3 heterocycles. The average Bonchev–Trinajstić information content (AvgIpc) is 3.62. The van der Waals surface area contributed by atoms with E-state index in [-0.39, 0.29) is 19.0 Å². The lowest BCUT2D eigenvalue weighted by molar-refractivity contribution is -0.137. The molecule has 3 aromatic rings. The van der Waals surface area contributed by atoms with E-state index < -0.39 is 29.7 Å². The smallest absolute Gasteiger partial charge is 0.416 e. The normalized spacial score (nSPS) is 16.4. The number of halogens is 3. The second kappa shape index (κ2) is 9.77. The Morgan fingerprint density at radius 3 is 2.53 bits per heavy atom. The van der Waals surface area contributed by atoms with E-state index in [1.165, 1.54) is 12.1 Å². The standard InChI is InChI=1S/C26H24F3N5O4/c1-32-11-3-4-20(32)19-13-21(16-5-10-22-23(12-16)38-15-37-22)34(31-19)24(35)14-33(2)25(36)30-18-8-6-17(7-9-18)26(27,28)29/h3-12,21H,13-15H2,1-2H3,(H,30,36). The fraction of sp³-hybridized carbons (Fsp3) is 0.269. The van der Waals surface area contributed by atoms with Crippen LogP contribution in [0.3, 0.4) is 0 Å². The van der Waals surface area contributed by atoms with Crippen LogP contribution in [0.2, 0.25) is 0 Å². The van der Waals surface area contributed by atoms with Gasteiger partial charge in [0.15, 0.2) is 11.5 Å². The molecule has 198 valence electrons. The van der Waals surface area contributed by atoms with E-state index in [0.717, 1.165) is 40.4 Å². The van der Waals surface area contributed by atoms with Crippen LogP contribution in [0.15, 0.2) is 65.9 Å². The topological polar surface area (TPSA) is 88.4 Å². The predicted molar refractivity (Wildman–Crippen MR) is 132 cm³/mol. The molecule has 2 aliphatic heterocycles. The number of aromatic nitrogens is 1. The van der Waals surface area contributed by atoms with Crippen LogP contribution in [0.4, 0.5) is 23.7 Å². The number of anilines is 1. The van der Waals surface area contributed by atoms with Crippen molar-refractivity contribution in [3.8, 4) is 11.5 Å². The minimum Gasteiger partial charge on any atom is -0.454 e. The summed E-state index contributed by atoms with van der Waals surface area (Å²) in [7, 11) is 3.31. The molecule has 0 fully saturated rings. The first kappa shape index (κ1) is 25.2. The largest absolute Gasteiger partial charge is 0.454 e. The van der Waals surface area contributed by atoms with Crippen molar-refractivity contribution in [1.82, 2.24) is 14.5 Å². The molecule has 0 saturated carbocycles. The van der Waals surface area contributed by atoms with E-state index in [2.05, 4.69) is 10.4 Å². The third-order valence-electron chi connectivity index (χ3n) is 6.37. The molecule has 9 nitrogen and oxygen atoms in total. The molecule has 0 saturated heterocycles. The fourth-order valence-electron chi connectivity index (χ4n) is 4.34. The molecule has 1 atom stereocenters. The monoisotopic (exact) mass is 527 g/mol. The summed E-state index contributed by atoms with van der Waals surface area (Å²) in [6.45, 7) is -0.187. The van der Waals surface area contributed by atoms with Crippen LogP contribution < -0.4 is 14.8 Å². The van der Waals surface area contributed by atoms with Gasteiger partial charge in [0.1, 0.15) is 6.54 Å². The minimum atomic E-state index is -4.48. The Morgan fingerprint density at radius 2 is 1.84 bits per heavy atom. The molecule has 1 unspecified atom stereocenters. The van der Waals surface area contributed by atoms with Crippen LogP contribution >= 0.6 is 0 Å². The van der Waals surface area contributed by atoms with Crippen LogP contribution in [0.25, 0.3) is 0 Å². The molecule has 3 amide bonds. The number of alkyl halides is 3. The zero-order valence-electron chi connectivity index (χ0n) is 20.5. The second-order valence-corrected chi connectivity index (χ2v) is 8.98. The number of carbonyl (C=O) groups is 2. The maximum absolute atomic E-state index is 13.4. The highest BCUT2D eigenvalue weighted by atomic mass is 19.4. The van der Waals surface area contributed by atoms with Gasteiger partial charge < -0.3 is 24.3 Å². The highest BCUT2D eigenvalue weighted by Crippen LogP contribution is 2.39. The first-order chi connectivity index (χ1) is 18.1. The number of aryl methyl sites for hydroxylation is 1. The summed E-state index contributed by atoms with van der Waals surface area (Å²) in [5, 5.41) is 8.48. The number of carbonyl (C=O) groups excluding carboxylic acids is 2. The van der Waals surface area contributed by atoms with Crippen molar-refractivity contribution in [3.63, 3.8) is 0 Å². The third-order valence-corrected chi connectivity index (χ3v) is 6.37. The van der Waals surface area contributed by atoms with Crippen molar-refractivity contribution < 1.29 is 32.2 Å². The number of hydrogen-bond donors (Lipinski definition) is 1. The maximum Gasteiger partial charge on any atom is 0.416 e. The van der Waals surface area contributed by atoms with Gasteiger partial charge in [-0.15, -0.1) is 0 Å². The number of nitrogens with zero attached hydrogens (tertiary/aromatic N) is 4. The van der Waals surface area contributed by atoms with Crippen LogP contribution in [-0.4, -0.2) is 52.5 Å². The molecule has 0 spiro atoms. The number of benzene rings is 2. The Balaban J connectivity index is 1.32. The van der Waals surface area contributed by atoms with E-state index in [0.29, 0.717) is 23.6 Å². The summed E-state index contributed by atoms with van der Waals surface area (Å²) in [6, 6.07) is 12.2. The maximum atomic E-state index is 13.4. The average molecular weight is 528 g/mol. The quantitative estimate of drug-likeness (QED) is 0.525. The molecule has 0 radical (unpaired) electrons. The van der Waals surface area contributed by atoms with E-state index >= 15 is 0 Å². The van der Waals surface area contributed by atoms with Crippen LogP contribution in [-0.2, 0) is 18.0 Å². The van der Waals surface area contributed by atoms with Gasteiger partial charge in [0.05, 0.1) is 23.0 Å². The number of rotatable bonds is 5. The van der Waals surface area contributed by atoms with Gasteiger partial charge in [0.25, 0.3) is 5.91 Å². The zero-order chi connectivity index (χ0) is 27.0. The molecule has 2 aromatic carbocycles. The van der Waals surface area contributed by atoms with E-state index in [9.17, 15) is 22.8 Å². The van der Waals surface area contributed by atoms with E-state index in [1.54, 1.807) is 6.07 Å². The van der Waals surface area contributed by atoms with Gasteiger partial charge in [0, 0.05) is 32.4 Å². The fourth-order valence-corrected chi connectivity index (χ4v) is 4.34. The van der Waals surface area contributed by atoms with Gasteiger partial charge in [-0.3, -0.25) is 4.79 Å². The lowest BCUT2D eigenvalue weighted by Crippen LogP contribution is -2.41. The van der Waals surface area contributed by atoms with Crippen molar-refractivity contribution in [1.29, 1.82) is 0 Å². The first-order valence-corrected chi connectivity index (χ1v) is 11.7. The third kappa shape index (κ3) is 5.01. The Morgan fingerprint density at radius 1 is 1.11 bits per heavy atom. The number of likely N-dealkylation sites (N-methyl/N-ethyl adjacent to an activating group) is 1. The summed E-state index contributed by atoms with van der Waals surface area (Å²) in [4.78, 5) is 27.2. The molecule has 2 aliphatic rings. The number of hydrogen-bond acceptors (Lipinski definition) is 5. The lowest BCUT2D eigenvalue weighted by Gasteiger charge is -2.25. The summed E-state index contributed by atoms with van der Waals surface area (Å²) >= 11 is 0. The number of nitrogens with one attached hydrogen (secondary N) is 1. The predicted octanol–water partition coefficient (Wildman–Crippen LogP) is 4.61. The van der Waals surface area contributed by atoms with Gasteiger partial charge in [-0.05, 0) is 54.1 Å². The second-order valence-electron chi connectivity index (χ2n) is 8.98. The Bertz CT molecular complexity index is 1400. The highest BCUT2D eigenvalue weighted by molar-refractivity contribution is 6.02. The summed E-state index contributed by atoms with van der Waals surface area (Å²) < 4.78 is 51.2. The highest BCUT2D eigenvalue weighted by Gasteiger charge is 2.35. The Hall–Kier alpha value is -4.48. The van der Waals surface area contributed by atoms with Gasteiger partial charge in [-0.1, -0.05) is 6.07 Å². The van der Waals surface area contributed by atoms with Gasteiger partial charge in [0.2, 0.25) is 6.79 Å². The van der Waals surface area contributed by atoms with Gasteiger partial charge >= 0.3 is 12.2 Å². The summed E-state index contributed by atoms with van der Waals surface area (Å²) in [5.74, 6) is 0.769. The first-order valence-electron chi connectivity index (χ1n) is 11.7. The Kier molecular flexibility index (Phi) is 6.47. The van der Waals surface area contributed by atoms with E-state index in [4.69, 9.17) is 9.47 Å². The Labute approximate surface area is 216 Å². The summed E-state index contributed by atoms with van der Waals surface area (Å²) in [5.41, 5.74) is 1.72. The van der Waals surface area contributed by atoms with Crippen molar-refractivity contribution >= 4 is 23.3 Å². The molecule has 0 bridgehead atoms. The van der Waals surface area contributed by atoms with Crippen LogP contribution in [0.5, 0.6) is 11.5 Å². The van der Waals surface area contributed by atoms with Gasteiger partial charge in [-0.2, -0.15) is 18.3 Å². The SMILES string of the molecule is CN(CC(=O)N1N=C(c2cccn2C)CC1c1ccc2c(c1)OCO2)C(=O)Nc1ccc(C(F)(F)F)cc1. The molecule has 1 N–H and O–H groups in total. The molecule has 38 heavy (non-hydrogen) atoms. The summed E-state index contributed by atoms with van der Waals surface area (Å²) in [6.07, 6.45) is -2.14. The molecule has 12 heteroatoms. The number of fused-ring (bicyclic) bond motifs is 1. The van der Waals surface area contributed by atoms with Gasteiger partial charge in [-0.25, -0.2) is 9.80 Å². The minimum absolute atomic E-state index is 0.121. The van der Waals surface area contributed by atoms with Crippen molar-refractivity contribution in [2.24, 2.45) is 12.1 Å². The number of ether oxygens (including phenoxy) is 2. The number of amides is 3. The number of urea groups is 1. The zero-order valence-corrected chi connectivity index (χ0v) is 20.5. The number of hydrazone groups is 1. The molecule has 5 rings (SSSR count). The lowest BCUT2D eigenvalue weighted by atomic mass is 10.00. The molecule has 0 aliphatic carbocycles. The van der Waals surface area contributed by atoms with Crippen molar-refractivity contribution in [2.75, 3.05) is 25.7 Å². The van der Waals surface area contributed by atoms with Crippen molar-refractivity contribution in [2.45, 2.75) is 18.6 Å². The molecular formula is C26H24F3N5O4. The molecular weight excluding hydrogens is 503 g/mol. The van der Waals surface area contributed by atoms with Crippen molar-refractivity contribution in [3.05, 3.63) is 77.6 Å². The van der Waals surface area contributed by atoms with Crippen LogP contribution in [0, 0.1) is 0 Å². The molecule has 1 aromatic heterocycles. The van der Waals surface area contributed by atoms with E-state index in [1.807, 2.05) is 42.1 Å².